The first-order valence-corrected chi connectivity index (χ1v) is 9.04. The highest BCUT2D eigenvalue weighted by Crippen LogP contribution is 2.13. The molecule has 2 amide bonds. The highest BCUT2D eigenvalue weighted by molar-refractivity contribution is 7.12. The Kier molecular flexibility index (Phi) is 5.62. The number of thiophene rings is 1. The average molecular weight is 360 g/mol. The molecule has 1 aliphatic rings. The summed E-state index contributed by atoms with van der Waals surface area (Å²) in [6.45, 7) is 4.08. The summed E-state index contributed by atoms with van der Waals surface area (Å²) in [5.74, 6) is -0.278. The SMILES string of the molecule is O=C(NCCN1CCN(C(=O)c2cccs2)CC1)c1ccc[nH]c1=O. The van der Waals surface area contributed by atoms with Gasteiger partial charge in [-0.15, -0.1) is 11.3 Å². The van der Waals surface area contributed by atoms with Crippen LogP contribution < -0.4 is 10.9 Å². The van der Waals surface area contributed by atoms with Gasteiger partial charge in [-0.2, -0.15) is 0 Å². The number of carbonyl (C=O) groups is 2. The van der Waals surface area contributed by atoms with Gasteiger partial charge in [0.2, 0.25) is 0 Å². The number of hydrogen-bond acceptors (Lipinski definition) is 5. The summed E-state index contributed by atoms with van der Waals surface area (Å²) in [5.41, 5.74) is -0.269. The molecule has 2 aromatic rings. The highest BCUT2D eigenvalue weighted by Gasteiger charge is 2.22. The fourth-order valence-electron chi connectivity index (χ4n) is 2.75. The Balaban J connectivity index is 1.41. The van der Waals surface area contributed by atoms with Crippen LogP contribution in [0.5, 0.6) is 0 Å². The average Bonchev–Trinajstić information content (AvgIpc) is 3.16. The topological polar surface area (TPSA) is 85.5 Å². The van der Waals surface area contributed by atoms with Crippen LogP contribution >= 0.6 is 11.3 Å². The minimum atomic E-state index is -0.388. The van der Waals surface area contributed by atoms with E-state index in [-0.39, 0.29) is 22.9 Å². The largest absolute Gasteiger partial charge is 0.351 e. The summed E-state index contributed by atoms with van der Waals surface area (Å²) < 4.78 is 0. The van der Waals surface area contributed by atoms with Crippen molar-refractivity contribution in [2.75, 3.05) is 39.3 Å². The van der Waals surface area contributed by atoms with Crippen molar-refractivity contribution in [1.29, 1.82) is 0 Å². The fraction of sp³-hybridized carbons (Fsp3) is 0.353. The van der Waals surface area contributed by atoms with E-state index < -0.39 is 0 Å². The Morgan fingerprint density at radius 3 is 2.64 bits per heavy atom. The number of amides is 2. The van der Waals surface area contributed by atoms with Gasteiger partial charge >= 0.3 is 0 Å². The number of piperazine rings is 1. The Morgan fingerprint density at radius 2 is 1.96 bits per heavy atom. The number of nitrogens with one attached hydrogen (secondary N) is 2. The molecule has 0 aliphatic carbocycles. The second-order valence-corrected chi connectivity index (χ2v) is 6.73. The van der Waals surface area contributed by atoms with E-state index in [1.807, 2.05) is 22.4 Å². The van der Waals surface area contributed by atoms with Crippen molar-refractivity contribution in [2.45, 2.75) is 0 Å². The molecule has 1 fully saturated rings. The maximum atomic E-state index is 12.3. The maximum absolute atomic E-state index is 12.3. The molecule has 132 valence electrons. The Bertz CT molecular complexity index is 779. The van der Waals surface area contributed by atoms with Crippen LogP contribution in [-0.4, -0.2) is 65.9 Å². The zero-order valence-electron chi connectivity index (χ0n) is 13.7. The van der Waals surface area contributed by atoms with Crippen LogP contribution in [0.25, 0.3) is 0 Å². The third kappa shape index (κ3) is 4.34. The van der Waals surface area contributed by atoms with E-state index in [0.29, 0.717) is 26.2 Å². The zero-order chi connectivity index (χ0) is 17.6. The van der Waals surface area contributed by atoms with Crippen LogP contribution in [0.3, 0.4) is 0 Å². The predicted molar refractivity (Wildman–Crippen MR) is 96.1 cm³/mol. The molecule has 2 aromatic heterocycles. The summed E-state index contributed by atoms with van der Waals surface area (Å²) in [6.07, 6.45) is 1.50. The van der Waals surface area contributed by atoms with Crippen LogP contribution in [0.1, 0.15) is 20.0 Å². The first kappa shape index (κ1) is 17.4. The molecule has 0 unspecified atom stereocenters. The quantitative estimate of drug-likeness (QED) is 0.819. The molecule has 0 spiro atoms. The highest BCUT2D eigenvalue weighted by atomic mass is 32.1. The van der Waals surface area contributed by atoms with Gasteiger partial charge in [-0.25, -0.2) is 0 Å². The summed E-state index contributed by atoms with van der Waals surface area (Å²) in [5, 5.41) is 4.67. The lowest BCUT2D eigenvalue weighted by molar-refractivity contribution is 0.0643. The number of rotatable bonds is 5. The molecular weight excluding hydrogens is 340 g/mol. The van der Waals surface area contributed by atoms with Gasteiger partial charge < -0.3 is 15.2 Å². The minimum Gasteiger partial charge on any atom is -0.351 e. The monoisotopic (exact) mass is 360 g/mol. The molecule has 3 heterocycles. The standard InChI is InChI=1S/C17H20N4O3S/c22-15-13(3-1-5-18-15)16(23)19-6-7-20-8-10-21(11-9-20)17(24)14-4-2-12-25-14/h1-5,12H,6-11H2,(H,18,22)(H,19,23). The van der Waals surface area contributed by atoms with Gasteiger partial charge in [0.15, 0.2) is 0 Å². The number of aromatic amines is 1. The van der Waals surface area contributed by atoms with Crippen molar-refractivity contribution >= 4 is 23.2 Å². The summed E-state index contributed by atoms with van der Waals surface area (Å²) in [6, 6.07) is 6.86. The summed E-state index contributed by atoms with van der Waals surface area (Å²) in [7, 11) is 0. The lowest BCUT2D eigenvalue weighted by Crippen LogP contribution is -2.50. The van der Waals surface area contributed by atoms with E-state index in [0.717, 1.165) is 18.0 Å². The van der Waals surface area contributed by atoms with E-state index in [9.17, 15) is 14.4 Å². The molecule has 7 nitrogen and oxygen atoms in total. The van der Waals surface area contributed by atoms with Gasteiger partial charge in [-0.3, -0.25) is 19.3 Å². The van der Waals surface area contributed by atoms with Crippen LogP contribution in [0, 0.1) is 0 Å². The van der Waals surface area contributed by atoms with Gasteiger partial charge in [-0.05, 0) is 23.6 Å². The van der Waals surface area contributed by atoms with Gasteiger partial charge in [0.25, 0.3) is 17.4 Å². The smallest absolute Gasteiger partial charge is 0.264 e. The molecule has 25 heavy (non-hydrogen) atoms. The van der Waals surface area contributed by atoms with Crippen molar-refractivity contribution in [3.05, 3.63) is 56.6 Å². The normalized spacial score (nSPS) is 15.1. The van der Waals surface area contributed by atoms with Crippen molar-refractivity contribution in [3.63, 3.8) is 0 Å². The number of H-pyrrole nitrogens is 1. The van der Waals surface area contributed by atoms with E-state index in [1.165, 1.54) is 23.6 Å². The molecule has 8 heteroatoms. The van der Waals surface area contributed by atoms with Crippen LogP contribution in [0.2, 0.25) is 0 Å². The van der Waals surface area contributed by atoms with Crippen LogP contribution in [0.15, 0.2) is 40.6 Å². The van der Waals surface area contributed by atoms with Crippen molar-refractivity contribution in [1.82, 2.24) is 20.1 Å². The molecule has 0 aromatic carbocycles. The number of aromatic nitrogens is 1. The van der Waals surface area contributed by atoms with E-state index in [1.54, 1.807) is 6.07 Å². The van der Waals surface area contributed by atoms with Gasteiger partial charge in [0, 0.05) is 45.5 Å². The molecule has 0 radical (unpaired) electrons. The predicted octanol–water partition coefficient (Wildman–Crippen LogP) is 0.624. The Labute approximate surface area is 149 Å². The second-order valence-electron chi connectivity index (χ2n) is 5.78. The third-order valence-electron chi connectivity index (χ3n) is 4.17. The molecule has 0 atom stereocenters. The fourth-order valence-corrected chi connectivity index (χ4v) is 3.44. The summed E-state index contributed by atoms with van der Waals surface area (Å²) >= 11 is 1.46. The lowest BCUT2D eigenvalue weighted by atomic mass is 10.2. The first-order chi connectivity index (χ1) is 12.1. The van der Waals surface area contributed by atoms with Gasteiger partial charge in [0.05, 0.1) is 4.88 Å². The zero-order valence-corrected chi connectivity index (χ0v) is 14.6. The van der Waals surface area contributed by atoms with E-state index in [4.69, 9.17) is 0 Å². The molecular formula is C17H20N4O3S. The van der Waals surface area contributed by atoms with Crippen molar-refractivity contribution in [2.24, 2.45) is 0 Å². The Morgan fingerprint density at radius 1 is 1.16 bits per heavy atom. The van der Waals surface area contributed by atoms with Crippen molar-refractivity contribution < 1.29 is 9.59 Å². The lowest BCUT2D eigenvalue weighted by Gasteiger charge is -2.34. The number of pyridine rings is 1. The maximum Gasteiger partial charge on any atom is 0.264 e. The van der Waals surface area contributed by atoms with Crippen molar-refractivity contribution in [3.8, 4) is 0 Å². The molecule has 0 saturated carbocycles. The molecule has 1 aliphatic heterocycles. The number of nitrogens with zero attached hydrogens (tertiary/aromatic N) is 2. The second kappa shape index (κ2) is 8.09. The van der Waals surface area contributed by atoms with E-state index in [2.05, 4.69) is 15.2 Å². The first-order valence-electron chi connectivity index (χ1n) is 8.16. The summed E-state index contributed by atoms with van der Waals surface area (Å²) in [4.78, 5) is 43.1. The molecule has 2 N–H and O–H groups in total. The Hall–Kier alpha value is -2.45. The number of carbonyl (C=O) groups excluding carboxylic acids is 2. The number of hydrogen-bond donors (Lipinski definition) is 2. The minimum absolute atomic E-state index is 0.0891. The van der Waals surface area contributed by atoms with Gasteiger partial charge in [-0.1, -0.05) is 6.07 Å². The molecule has 3 rings (SSSR count). The van der Waals surface area contributed by atoms with E-state index >= 15 is 0 Å². The van der Waals surface area contributed by atoms with Crippen LogP contribution in [-0.2, 0) is 0 Å². The molecule has 1 saturated heterocycles. The molecule has 0 bridgehead atoms. The van der Waals surface area contributed by atoms with Gasteiger partial charge in [0.1, 0.15) is 5.56 Å². The van der Waals surface area contributed by atoms with Crippen LogP contribution in [0.4, 0.5) is 0 Å². The third-order valence-corrected chi connectivity index (χ3v) is 5.03.